The molecule has 0 saturated heterocycles. The molecule has 21 heavy (non-hydrogen) atoms. The summed E-state index contributed by atoms with van der Waals surface area (Å²) in [5.74, 6) is -0.340. The van der Waals surface area contributed by atoms with Crippen molar-refractivity contribution in [2.24, 2.45) is 0 Å². The molecule has 0 radical (unpaired) electrons. The quantitative estimate of drug-likeness (QED) is 0.549. The first-order valence-corrected chi connectivity index (χ1v) is 7.43. The van der Waals surface area contributed by atoms with Crippen molar-refractivity contribution in [2.45, 2.75) is 32.0 Å². The van der Waals surface area contributed by atoms with Crippen LogP contribution in [0, 0.1) is 5.82 Å². The predicted octanol–water partition coefficient (Wildman–Crippen LogP) is 4.08. The van der Waals surface area contributed by atoms with Gasteiger partial charge in [0, 0.05) is 12.6 Å². The highest BCUT2D eigenvalue weighted by molar-refractivity contribution is 9.10. The zero-order valence-electron chi connectivity index (χ0n) is 11.6. The molecule has 120 valence electrons. The van der Waals surface area contributed by atoms with E-state index in [1.807, 2.05) is 6.92 Å². The van der Waals surface area contributed by atoms with Crippen LogP contribution in [0.5, 0.6) is 0 Å². The van der Waals surface area contributed by atoms with E-state index in [1.54, 1.807) is 12.1 Å². The lowest BCUT2D eigenvalue weighted by Gasteiger charge is -2.18. The van der Waals surface area contributed by atoms with E-state index in [4.69, 9.17) is 0 Å². The molecular formula is C14H18BrF4NO. The van der Waals surface area contributed by atoms with E-state index < -0.39 is 12.8 Å². The second-order valence-electron chi connectivity index (χ2n) is 4.66. The van der Waals surface area contributed by atoms with Gasteiger partial charge in [-0.15, -0.1) is 0 Å². The van der Waals surface area contributed by atoms with Gasteiger partial charge in [-0.3, -0.25) is 0 Å². The molecule has 0 aliphatic carbocycles. The Hall–Kier alpha value is -0.660. The van der Waals surface area contributed by atoms with Crippen molar-refractivity contribution >= 4 is 15.9 Å². The van der Waals surface area contributed by atoms with Crippen LogP contribution >= 0.6 is 15.9 Å². The van der Waals surface area contributed by atoms with Crippen molar-refractivity contribution in [3.05, 3.63) is 34.1 Å². The Kier molecular flexibility index (Phi) is 7.62. The summed E-state index contributed by atoms with van der Waals surface area (Å²) in [6, 6.07) is 4.69. The summed E-state index contributed by atoms with van der Waals surface area (Å²) in [7, 11) is 0. The number of rotatable bonds is 8. The van der Waals surface area contributed by atoms with E-state index in [2.05, 4.69) is 26.0 Å². The van der Waals surface area contributed by atoms with Crippen LogP contribution in [0.2, 0.25) is 0 Å². The fourth-order valence-electron chi connectivity index (χ4n) is 1.93. The number of hydrogen-bond donors (Lipinski definition) is 1. The normalized spacial score (nSPS) is 13.4. The zero-order chi connectivity index (χ0) is 15.9. The first kappa shape index (κ1) is 18.4. The molecule has 0 heterocycles. The first-order valence-electron chi connectivity index (χ1n) is 6.63. The van der Waals surface area contributed by atoms with Gasteiger partial charge < -0.3 is 10.1 Å². The van der Waals surface area contributed by atoms with Gasteiger partial charge in [-0.25, -0.2) is 4.39 Å². The lowest BCUT2D eigenvalue weighted by Crippen LogP contribution is -2.32. The van der Waals surface area contributed by atoms with Gasteiger partial charge in [-0.1, -0.05) is 13.0 Å². The second kappa shape index (κ2) is 8.70. The summed E-state index contributed by atoms with van der Waals surface area (Å²) in [6.07, 6.45) is -3.24. The minimum atomic E-state index is -4.30. The predicted molar refractivity (Wildman–Crippen MR) is 76.8 cm³/mol. The van der Waals surface area contributed by atoms with Crippen molar-refractivity contribution in [1.82, 2.24) is 5.32 Å². The van der Waals surface area contributed by atoms with Gasteiger partial charge >= 0.3 is 6.18 Å². The average molecular weight is 372 g/mol. The molecule has 1 rings (SSSR count). The Labute approximate surface area is 130 Å². The number of benzene rings is 1. The maximum absolute atomic E-state index is 13.2. The third kappa shape index (κ3) is 7.78. The van der Waals surface area contributed by atoms with Crippen molar-refractivity contribution in [3.63, 3.8) is 0 Å². The van der Waals surface area contributed by atoms with Gasteiger partial charge in [0.1, 0.15) is 12.4 Å². The Morgan fingerprint density at radius 2 is 2.05 bits per heavy atom. The molecule has 1 aromatic carbocycles. The fourth-order valence-corrected chi connectivity index (χ4v) is 2.36. The largest absolute Gasteiger partial charge is 0.411 e. The molecular weight excluding hydrogens is 354 g/mol. The van der Waals surface area contributed by atoms with Gasteiger partial charge in [0.25, 0.3) is 0 Å². The van der Waals surface area contributed by atoms with Crippen LogP contribution in [0.25, 0.3) is 0 Å². The van der Waals surface area contributed by atoms with Crippen LogP contribution in [0.15, 0.2) is 22.7 Å². The summed E-state index contributed by atoms with van der Waals surface area (Å²) in [6.45, 7) is 1.42. The van der Waals surface area contributed by atoms with Gasteiger partial charge in [0.15, 0.2) is 0 Å². The number of ether oxygens (including phenoxy) is 1. The number of nitrogens with one attached hydrogen (secondary N) is 1. The van der Waals surface area contributed by atoms with Crippen LogP contribution in [0.3, 0.4) is 0 Å². The lowest BCUT2D eigenvalue weighted by atomic mass is 10.0. The van der Waals surface area contributed by atoms with Gasteiger partial charge in [-0.2, -0.15) is 13.2 Å². The molecule has 2 nitrogen and oxygen atoms in total. The number of hydrogen-bond acceptors (Lipinski definition) is 2. The van der Waals surface area contributed by atoms with Crippen LogP contribution in [0.1, 0.15) is 18.9 Å². The Morgan fingerprint density at radius 1 is 1.33 bits per heavy atom. The first-order chi connectivity index (χ1) is 9.81. The van der Waals surface area contributed by atoms with Gasteiger partial charge in [-0.05, 0) is 53.0 Å². The molecule has 7 heteroatoms. The summed E-state index contributed by atoms with van der Waals surface area (Å²) in [5.41, 5.74) is 0.907. The molecule has 0 amide bonds. The SMILES string of the molecule is CCNC(CCOCC(F)(F)F)Cc1ccc(F)c(Br)c1. The fraction of sp³-hybridized carbons (Fsp3) is 0.571. The molecule has 0 bridgehead atoms. The van der Waals surface area contributed by atoms with E-state index in [9.17, 15) is 17.6 Å². The molecule has 1 N–H and O–H groups in total. The molecule has 0 fully saturated rings. The minimum Gasteiger partial charge on any atom is -0.372 e. The highest BCUT2D eigenvalue weighted by Crippen LogP contribution is 2.19. The molecule has 0 aliphatic rings. The van der Waals surface area contributed by atoms with E-state index in [1.165, 1.54) is 6.07 Å². The molecule has 0 aliphatic heterocycles. The lowest BCUT2D eigenvalue weighted by molar-refractivity contribution is -0.174. The number of alkyl halides is 3. The maximum Gasteiger partial charge on any atom is 0.411 e. The van der Waals surface area contributed by atoms with Gasteiger partial charge in [0.2, 0.25) is 0 Å². The van der Waals surface area contributed by atoms with Crippen molar-refractivity contribution in [3.8, 4) is 0 Å². The monoisotopic (exact) mass is 371 g/mol. The maximum atomic E-state index is 13.2. The topological polar surface area (TPSA) is 21.3 Å². The van der Waals surface area contributed by atoms with Gasteiger partial charge in [0.05, 0.1) is 4.47 Å². The highest BCUT2D eigenvalue weighted by Gasteiger charge is 2.27. The Morgan fingerprint density at radius 3 is 2.62 bits per heavy atom. The van der Waals surface area contributed by atoms with Crippen LogP contribution in [0.4, 0.5) is 17.6 Å². The van der Waals surface area contributed by atoms with E-state index in [0.717, 1.165) is 5.56 Å². The van der Waals surface area contributed by atoms with E-state index in [0.29, 0.717) is 23.9 Å². The van der Waals surface area contributed by atoms with Crippen molar-refractivity contribution in [2.75, 3.05) is 19.8 Å². The Bertz CT molecular complexity index is 439. The summed E-state index contributed by atoms with van der Waals surface area (Å²) in [4.78, 5) is 0. The van der Waals surface area contributed by atoms with E-state index in [-0.39, 0.29) is 18.5 Å². The van der Waals surface area contributed by atoms with Crippen LogP contribution in [-0.2, 0) is 11.2 Å². The molecule has 0 saturated carbocycles. The molecule has 0 aromatic heterocycles. The number of halogens is 5. The second-order valence-corrected chi connectivity index (χ2v) is 5.52. The minimum absolute atomic E-state index is 0.0133. The van der Waals surface area contributed by atoms with Crippen LogP contribution < -0.4 is 5.32 Å². The van der Waals surface area contributed by atoms with Crippen molar-refractivity contribution in [1.29, 1.82) is 0 Å². The number of likely N-dealkylation sites (N-methyl/N-ethyl adjacent to an activating group) is 1. The standard InChI is InChI=1S/C14H18BrF4NO/c1-2-20-11(5-6-21-9-14(17,18)19)7-10-3-4-13(16)12(15)8-10/h3-4,8,11,20H,2,5-7,9H2,1H3. The molecule has 1 unspecified atom stereocenters. The molecule has 1 aromatic rings. The zero-order valence-corrected chi connectivity index (χ0v) is 13.2. The third-order valence-electron chi connectivity index (χ3n) is 2.84. The third-order valence-corrected chi connectivity index (χ3v) is 3.44. The molecule has 0 spiro atoms. The summed E-state index contributed by atoms with van der Waals surface area (Å²) in [5, 5.41) is 3.19. The van der Waals surface area contributed by atoms with Crippen molar-refractivity contribution < 1.29 is 22.3 Å². The van der Waals surface area contributed by atoms with Crippen LogP contribution in [-0.4, -0.2) is 32.0 Å². The molecule has 1 atom stereocenters. The summed E-state index contributed by atoms with van der Waals surface area (Å²) >= 11 is 3.12. The smallest absolute Gasteiger partial charge is 0.372 e. The summed E-state index contributed by atoms with van der Waals surface area (Å²) < 4.78 is 54.1. The highest BCUT2D eigenvalue weighted by atomic mass is 79.9. The Balaban J connectivity index is 2.47. The average Bonchev–Trinajstić information content (AvgIpc) is 2.38. The van der Waals surface area contributed by atoms with E-state index >= 15 is 0 Å².